The second-order valence-corrected chi connectivity index (χ2v) is 9.09. The van der Waals surface area contributed by atoms with Crippen molar-refractivity contribution in [3.63, 3.8) is 0 Å². The van der Waals surface area contributed by atoms with Crippen LogP contribution in [0.5, 0.6) is 0 Å². The van der Waals surface area contributed by atoms with Crippen molar-refractivity contribution in [1.29, 1.82) is 0 Å². The third kappa shape index (κ3) is 2.68. The van der Waals surface area contributed by atoms with Crippen LogP contribution in [-0.2, 0) is 5.41 Å². The summed E-state index contributed by atoms with van der Waals surface area (Å²) in [4.78, 5) is 0. The number of hydrogen-bond acceptors (Lipinski definition) is 0. The summed E-state index contributed by atoms with van der Waals surface area (Å²) in [7, 11) is 0. The van der Waals surface area contributed by atoms with E-state index in [4.69, 9.17) is 0 Å². The zero-order valence-electron chi connectivity index (χ0n) is 17.5. The topological polar surface area (TPSA) is 0 Å². The molecular weight excluding hydrogens is 452 g/mol. The molecule has 32 heavy (non-hydrogen) atoms. The lowest BCUT2D eigenvalue weighted by Crippen LogP contribution is -2.32. The van der Waals surface area contributed by atoms with Gasteiger partial charge in [-0.1, -0.05) is 137 Å². The number of benzene rings is 5. The first kappa shape index (κ1) is 19.3. The van der Waals surface area contributed by atoms with Crippen molar-refractivity contribution in [2.45, 2.75) is 5.41 Å². The number of fused-ring (bicyclic) bond motifs is 5. The second kappa shape index (κ2) is 7.62. The van der Waals surface area contributed by atoms with Crippen LogP contribution in [0, 0.1) is 0 Å². The summed E-state index contributed by atoms with van der Waals surface area (Å²) in [6, 6.07) is 46.2. The van der Waals surface area contributed by atoms with Crippen LogP contribution in [-0.4, -0.2) is 0 Å². The molecule has 6 rings (SSSR count). The largest absolute Gasteiger partial charge is 0.0724 e. The average Bonchev–Trinajstić information content (AvgIpc) is 2.97. The summed E-state index contributed by atoms with van der Waals surface area (Å²) >= 11 is 3.93. The van der Waals surface area contributed by atoms with E-state index < -0.39 is 5.41 Å². The predicted octanol–water partition coefficient (Wildman–Crippen LogP) is 8.48. The Kier molecular flexibility index (Phi) is 4.59. The highest BCUT2D eigenvalue weighted by molar-refractivity contribution is 9.10. The van der Waals surface area contributed by atoms with Gasteiger partial charge < -0.3 is 0 Å². The molecule has 0 saturated heterocycles. The van der Waals surface area contributed by atoms with E-state index in [0.717, 1.165) is 4.47 Å². The Morgan fingerprint density at radius 3 is 1.31 bits per heavy atom. The minimum absolute atomic E-state index is 0.465. The minimum Gasteiger partial charge on any atom is -0.0622 e. The molecule has 1 heteroatoms. The van der Waals surface area contributed by atoms with Gasteiger partial charge in [-0.15, -0.1) is 0 Å². The Labute approximate surface area is 197 Å². The molecule has 152 valence electrons. The lowest BCUT2D eigenvalue weighted by Gasteiger charge is -2.38. The van der Waals surface area contributed by atoms with Crippen LogP contribution in [0.2, 0.25) is 0 Å². The van der Waals surface area contributed by atoms with E-state index in [9.17, 15) is 0 Å². The van der Waals surface area contributed by atoms with Gasteiger partial charge in [0, 0.05) is 4.47 Å². The Balaban J connectivity index is 1.91. The molecule has 0 bridgehead atoms. The van der Waals surface area contributed by atoms with Gasteiger partial charge in [-0.2, -0.15) is 0 Å². The average molecular weight is 473 g/mol. The molecule has 0 nitrogen and oxygen atoms in total. The first-order valence-electron chi connectivity index (χ1n) is 10.9. The van der Waals surface area contributed by atoms with E-state index in [2.05, 4.69) is 143 Å². The van der Waals surface area contributed by atoms with Crippen LogP contribution in [0.1, 0.15) is 22.3 Å². The molecule has 0 unspecified atom stereocenters. The quantitative estimate of drug-likeness (QED) is 0.237. The van der Waals surface area contributed by atoms with Crippen molar-refractivity contribution in [3.8, 4) is 22.3 Å². The van der Waals surface area contributed by atoms with Gasteiger partial charge in [-0.25, -0.2) is 0 Å². The summed E-state index contributed by atoms with van der Waals surface area (Å²) in [5, 5.41) is 0. The van der Waals surface area contributed by atoms with Gasteiger partial charge in [-0.3, -0.25) is 0 Å². The van der Waals surface area contributed by atoms with E-state index in [0.29, 0.717) is 0 Å². The van der Waals surface area contributed by atoms with Crippen molar-refractivity contribution < 1.29 is 0 Å². The summed E-state index contributed by atoms with van der Waals surface area (Å²) in [5.41, 5.74) is 9.76. The third-order valence-electron chi connectivity index (χ3n) is 6.65. The number of rotatable bonds is 2. The van der Waals surface area contributed by atoms with Crippen molar-refractivity contribution in [3.05, 3.63) is 154 Å². The molecular formula is C31H21Br. The standard InChI is InChI=1S/C31H21Br/c32-30-21-11-10-20-29(30)31(22-12-2-1-3-13-22)27-18-8-6-16-25(27)23-14-4-5-15-24(23)26-17-7-9-19-28(26)31/h1-21H. The maximum absolute atomic E-state index is 3.93. The molecule has 0 aromatic heterocycles. The highest BCUT2D eigenvalue weighted by Gasteiger charge is 2.44. The van der Waals surface area contributed by atoms with Gasteiger partial charge in [0.1, 0.15) is 0 Å². The van der Waals surface area contributed by atoms with Crippen LogP contribution in [0.4, 0.5) is 0 Å². The highest BCUT2D eigenvalue weighted by Crippen LogP contribution is 2.55. The van der Waals surface area contributed by atoms with E-state index in [1.807, 2.05) is 0 Å². The van der Waals surface area contributed by atoms with E-state index >= 15 is 0 Å². The molecule has 0 amide bonds. The molecule has 0 N–H and O–H groups in total. The fourth-order valence-electron chi connectivity index (χ4n) is 5.40. The summed E-state index contributed by atoms with van der Waals surface area (Å²) in [5.74, 6) is 0. The van der Waals surface area contributed by atoms with Crippen LogP contribution in [0.3, 0.4) is 0 Å². The Morgan fingerprint density at radius 2 is 0.781 bits per heavy atom. The summed E-state index contributed by atoms with van der Waals surface area (Å²) in [6.45, 7) is 0. The minimum atomic E-state index is -0.465. The van der Waals surface area contributed by atoms with Crippen LogP contribution in [0.25, 0.3) is 22.3 Å². The maximum atomic E-state index is 3.93. The van der Waals surface area contributed by atoms with Gasteiger partial charge in [0.25, 0.3) is 0 Å². The summed E-state index contributed by atoms with van der Waals surface area (Å²) in [6.07, 6.45) is 0. The number of halogens is 1. The monoisotopic (exact) mass is 472 g/mol. The maximum Gasteiger partial charge on any atom is 0.0724 e. The molecule has 1 aliphatic rings. The lowest BCUT2D eigenvalue weighted by atomic mass is 9.63. The molecule has 0 atom stereocenters. The fraction of sp³-hybridized carbons (Fsp3) is 0.0323. The molecule has 5 aromatic carbocycles. The first-order valence-corrected chi connectivity index (χ1v) is 11.7. The van der Waals surface area contributed by atoms with E-state index in [-0.39, 0.29) is 0 Å². The molecule has 0 radical (unpaired) electrons. The van der Waals surface area contributed by atoms with Gasteiger partial charge in [0.2, 0.25) is 0 Å². The molecule has 0 heterocycles. The van der Waals surface area contributed by atoms with Crippen molar-refractivity contribution >= 4 is 15.9 Å². The van der Waals surface area contributed by atoms with Crippen LogP contribution >= 0.6 is 15.9 Å². The Hall–Kier alpha value is -3.42. The van der Waals surface area contributed by atoms with Crippen molar-refractivity contribution in [2.24, 2.45) is 0 Å². The Morgan fingerprint density at radius 1 is 0.375 bits per heavy atom. The second-order valence-electron chi connectivity index (χ2n) is 8.23. The normalized spacial score (nSPS) is 13.4. The summed E-state index contributed by atoms with van der Waals surface area (Å²) < 4.78 is 1.11. The number of hydrogen-bond donors (Lipinski definition) is 0. The fourth-order valence-corrected chi connectivity index (χ4v) is 5.98. The molecule has 1 aliphatic carbocycles. The highest BCUT2D eigenvalue weighted by atomic mass is 79.9. The zero-order valence-corrected chi connectivity index (χ0v) is 19.1. The predicted molar refractivity (Wildman–Crippen MR) is 137 cm³/mol. The van der Waals surface area contributed by atoms with Crippen LogP contribution in [0.15, 0.2) is 132 Å². The van der Waals surface area contributed by atoms with Crippen molar-refractivity contribution in [1.82, 2.24) is 0 Å². The molecule has 0 aliphatic heterocycles. The van der Waals surface area contributed by atoms with Gasteiger partial charge in [0.05, 0.1) is 5.41 Å². The lowest BCUT2D eigenvalue weighted by molar-refractivity contribution is 0.747. The van der Waals surface area contributed by atoms with Crippen molar-refractivity contribution in [2.75, 3.05) is 0 Å². The molecule has 5 aromatic rings. The van der Waals surface area contributed by atoms with Gasteiger partial charge in [0.15, 0.2) is 0 Å². The third-order valence-corrected chi connectivity index (χ3v) is 7.35. The van der Waals surface area contributed by atoms with E-state index in [1.165, 1.54) is 44.5 Å². The molecule has 0 spiro atoms. The van der Waals surface area contributed by atoms with Gasteiger partial charge >= 0.3 is 0 Å². The van der Waals surface area contributed by atoms with E-state index in [1.54, 1.807) is 0 Å². The molecule has 0 saturated carbocycles. The smallest absolute Gasteiger partial charge is 0.0622 e. The SMILES string of the molecule is Brc1ccccc1C1(c2ccccc2)c2ccccc2-c2ccccc2-c2ccccc21. The first-order chi connectivity index (χ1) is 15.8. The Bertz CT molecular complexity index is 1370. The van der Waals surface area contributed by atoms with Gasteiger partial charge in [-0.05, 0) is 50.6 Å². The molecule has 0 fully saturated rings. The van der Waals surface area contributed by atoms with Crippen LogP contribution < -0.4 is 0 Å². The zero-order chi connectivity index (χ0) is 21.5.